The van der Waals surface area contributed by atoms with E-state index in [2.05, 4.69) is 29.6 Å². The molecule has 1 aliphatic heterocycles. The zero-order valence-corrected chi connectivity index (χ0v) is 18.6. The van der Waals surface area contributed by atoms with Gasteiger partial charge in [-0.2, -0.15) is 0 Å². The Labute approximate surface area is 196 Å². The van der Waals surface area contributed by atoms with E-state index in [4.69, 9.17) is 9.15 Å². The highest BCUT2D eigenvalue weighted by Crippen LogP contribution is 2.44. The summed E-state index contributed by atoms with van der Waals surface area (Å²) in [6.45, 7) is 2.14. The van der Waals surface area contributed by atoms with E-state index < -0.39 is 17.5 Å². The molecule has 174 valence electrons. The number of benzene rings is 2. The summed E-state index contributed by atoms with van der Waals surface area (Å²) >= 11 is 0. The van der Waals surface area contributed by atoms with Gasteiger partial charge in [0.2, 0.25) is 0 Å². The molecule has 3 aromatic rings. The molecule has 5 rings (SSSR count). The summed E-state index contributed by atoms with van der Waals surface area (Å²) in [6, 6.07) is 19.4. The van der Waals surface area contributed by atoms with Crippen LogP contribution in [-0.2, 0) is 16.1 Å². The number of likely N-dealkylation sites (tertiary alicyclic amines) is 1. The lowest BCUT2D eigenvalue weighted by Gasteiger charge is -2.44. The monoisotopic (exact) mass is 460 g/mol. The molecule has 1 aromatic heterocycles. The summed E-state index contributed by atoms with van der Waals surface area (Å²) in [5.74, 6) is -0.816. The number of amides is 2. The van der Waals surface area contributed by atoms with Gasteiger partial charge in [-0.3, -0.25) is 9.59 Å². The van der Waals surface area contributed by atoms with Crippen LogP contribution < -0.4 is 5.32 Å². The minimum absolute atomic E-state index is 0.0287. The molecule has 8 nitrogen and oxygen atoms in total. The first-order chi connectivity index (χ1) is 16.4. The summed E-state index contributed by atoms with van der Waals surface area (Å²) in [6.07, 6.45) is -0.578. The lowest BCUT2D eigenvalue weighted by atomic mass is 9.82. The van der Waals surface area contributed by atoms with Gasteiger partial charge in [0, 0.05) is 19.0 Å². The minimum Gasteiger partial charge on any atom is -0.481 e. The molecule has 2 aromatic carbocycles. The van der Waals surface area contributed by atoms with Crippen molar-refractivity contribution in [2.45, 2.75) is 19.4 Å². The largest absolute Gasteiger partial charge is 0.481 e. The van der Waals surface area contributed by atoms with E-state index in [1.165, 1.54) is 11.0 Å². The molecular formula is C26H24N2O6. The molecule has 0 saturated carbocycles. The van der Waals surface area contributed by atoms with Crippen molar-refractivity contribution in [3.8, 4) is 11.1 Å². The zero-order chi connectivity index (χ0) is 23.9. The Hall–Kier alpha value is -4.07. The average Bonchev–Trinajstić information content (AvgIpc) is 3.42. The van der Waals surface area contributed by atoms with Crippen molar-refractivity contribution in [2.24, 2.45) is 5.41 Å². The van der Waals surface area contributed by atoms with Crippen molar-refractivity contribution in [2.75, 3.05) is 19.7 Å². The Morgan fingerprint density at radius 1 is 1.03 bits per heavy atom. The van der Waals surface area contributed by atoms with Crippen LogP contribution in [0.2, 0.25) is 0 Å². The Morgan fingerprint density at radius 3 is 2.26 bits per heavy atom. The first kappa shape index (κ1) is 21.8. The quantitative estimate of drug-likeness (QED) is 0.578. The number of alkyl carbamates (subject to hydrolysis) is 1. The molecule has 1 fully saturated rings. The second-order valence-electron chi connectivity index (χ2n) is 8.97. The Morgan fingerprint density at radius 2 is 1.65 bits per heavy atom. The number of aliphatic carboxylic acids is 1. The van der Waals surface area contributed by atoms with E-state index in [0.717, 1.165) is 22.3 Å². The molecule has 1 aliphatic carbocycles. The predicted octanol–water partition coefficient (Wildman–Crippen LogP) is 3.87. The zero-order valence-electron chi connectivity index (χ0n) is 18.6. The van der Waals surface area contributed by atoms with Crippen molar-refractivity contribution in [1.29, 1.82) is 0 Å². The van der Waals surface area contributed by atoms with Crippen LogP contribution in [0.3, 0.4) is 0 Å². The number of hydrogen-bond donors (Lipinski definition) is 2. The third kappa shape index (κ3) is 3.81. The number of nitrogens with zero attached hydrogens (tertiary/aromatic N) is 1. The molecule has 34 heavy (non-hydrogen) atoms. The van der Waals surface area contributed by atoms with Crippen LogP contribution in [0.1, 0.15) is 40.3 Å². The molecule has 0 bridgehead atoms. The summed E-state index contributed by atoms with van der Waals surface area (Å²) in [5, 5.41) is 11.8. The summed E-state index contributed by atoms with van der Waals surface area (Å²) < 4.78 is 11.0. The fourth-order valence-corrected chi connectivity index (χ4v) is 4.63. The van der Waals surface area contributed by atoms with Gasteiger partial charge in [0.1, 0.15) is 17.8 Å². The van der Waals surface area contributed by atoms with Gasteiger partial charge >= 0.3 is 12.1 Å². The van der Waals surface area contributed by atoms with E-state index in [1.807, 2.05) is 24.3 Å². The molecule has 2 aliphatic rings. The van der Waals surface area contributed by atoms with Crippen LogP contribution in [0.4, 0.5) is 4.79 Å². The van der Waals surface area contributed by atoms with E-state index in [-0.39, 0.29) is 43.8 Å². The lowest BCUT2D eigenvalue weighted by molar-refractivity contribution is -0.156. The van der Waals surface area contributed by atoms with Crippen molar-refractivity contribution in [3.63, 3.8) is 0 Å². The van der Waals surface area contributed by atoms with Crippen LogP contribution in [0.25, 0.3) is 11.1 Å². The Balaban J connectivity index is 1.14. The molecule has 0 radical (unpaired) electrons. The SMILES string of the molecule is CC1(C(=O)O)CN(C(=O)c2ccc(CNC(=O)OCC3c4ccccc4-c4ccccc43)o2)C1. The topological polar surface area (TPSA) is 109 Å². The third-order valence-electron chi connectivity index (χ3n) is 6.51. The first-order valence-corrected chi connectivity index (χ1v) is 11.1. The highest BCUT2D eigenvalue weighted by molar-refractivity contribution is 5.93. The number of ether oxygens (including phenoxy) is 1. The van der Waals surface area contributed by atoms with Crippen LogP contribution in [0, 0.1) is 5.41 Å². The molecule has 0 atom stereocenters. The maximum absolute atomic E-state index is 12.5. The molecule has 8 heteroatoms. The standard InChI is InChI=1S/C26H24N2O6/c1-26(24(30)31)14-28(15-26)23(29)22-11-10-16(34-22)12-27-25(32)33-13-21-19-8-4-2-6-17(19)18-7-3-5-9-20(18)21/h2-11,21H,12-15H2,1H3,(H,27,32)(H,30,31). The van der Waals surface area contributed by atoms with E-state index in [1.54, 1.807) is 13.0 Å². The molecule has 2 heterocycles. The second kappa shape index (κ2) is 8.37. The molecule has 2 N–H and O–H groups in total. The van der Waals surface area contributed by atoms with Crippen LogP contribution in [0.5, 0.6) is 0 Å². The number of hydrogen-bond acceptors (Lipinski definition) is 5. The molecule has 1 saturated heterocycles. The summed E-state index contributed by atoms with van der Waals surface area (Å²) in [4.78, 5) is 37.4. The number of furan rings is 1. The highest BCUT2D eigenvalue weighted by atomic mass is 16.5. The second-order valence-corrected chi connectivity index (χ2v) is 8.97. The van der Waals surface area contributed by atoms with Gasteiger partial charge in [-0.1, -0.05) is 48.5 Å². The van der Waals surface area contributed by atoms with E-state index in [9.17, 15) is 19.5 Å². The summed E-state index contributed by atoms with van der Waals surface area (Å²) in [7, 11) is 0. The van der Waals surface area contributed by atoms with E-state index >= 15 is 0 Å². The van der Waals surface area contributed by atoms with Crippen LogP contribution in [-0.4, -0.2) is 47.7 Å². The van der Waals surface area contributed by atoms with Crippen molar-refractivity contribution < 1.29 is 28.6 Å². The number of nitrogens with one attached hydrogen (secondary N) is 1. The number of rotatable bonds is 6. The first-order valence-electron chi connectivity index (χ1n) is 11.1. The third-order valence-corrected chi connectivity index (χ3v) is 6.51. The molecular weight excluding hydrogens is 436 g/mol. The van der Waals surface area contributed by atoms with Gasteiger partial charge in [-0.15, -0.1) is 0 Å². The van der Waals surface area contributed by atoms with Crippen molar-refractivity contribution >= 4 is 18.0 Å². The fraction of sp³-hybridized carbons (Fsp3) is 0.269. The number of carbonyl (C=O) groups is 3. The van der Waals surface area contributed by atoms with Crippen LogP contribution in [0.15, 0.2) is 65.1 Å². The predicted molar refractivity (Wildman–Crippen MR) is 122 cm³/mol. The number of carboxylic acids is 1. The Kier molecular flexibility index (Phi) is 5.36. The highest BCUT2D eigenvalue weighted by Gasteiger charge is 2.48. The molecule has 0 spiro atoms. The van der Waals surface area contributed by atoms with Crippen molar-refractivity contribution in [1.82, 2.24) is 10.2 Å². The maximum atomic E-state index is 12.5. The van der Waals surface area contributed by atoms with Gasteiger partial charge in [-0.05, 0) is 41.3 Å². The lowest BCUT2D eigenvalue weighted by Crippen LogP contribution is -2.60. The van der Waals surface area contributed by atoms with Gasteiger partial charge in [0.05, 0.1) is 6.54 Å². The fourth-order valence-electron chi connectivity index (χ4n) is 4.63. The van der Waals surface area contributed by atoms with Crippen LogP contribution >= 0.6 is 0 Å². The van der Waals surface area contributed by atoms with Gasteiger partial charge in [0.15, 0.2) is 5.76 Å². The van der Waals surface area contributed by atoms with Crippen molar-refractivity contribution in [3.05, 3.63) is 83.3 Å². The Bertz CT molecular complexity index is 1230. The molecule has 0 unspecified atom stereocenters. The number of carboxylic acid groups (broad SMARTS) is 1. The minimum atomic E-state index is -0.927. The molecule has 2 amide bonds. The maximum Gasteiger partial charge on any atom is 0.407 e. The van der Waals surface area contributed by atoms with Gasteiger partial charge < -0.3 is 24.5 Å². The number of carbonyl (C=O) groups excluding carboxylic acids is 2. The normalized spacial score (nSPS) is 15.7. The van der Waals surface area contributed by atoms with Gasteiger partial charge in [0.25, 0.3) is 5.91 Å². The van der Waals surface area contributed by atoms with E-state index in [0.29, 0.717) is 5.76 Å². The number of fused-ring (bicyclic) bond motifs is 3. The van der Waals surface area contributed by atoms with Gasteiger partial charge in [-0.25, -0.2) is 4.79 Å². The average molecular weight is 460 g/mol. The summed E-state index contributed by atoms with van der Waals surface area (Å²) in [5.41, 5.74) is 3.67. The smallest absolute Gasteiger partial charge is 0.407 e.